The summed E-state index contributed by atoms with van der Waals surface area (Å²) in [5.41, 5.74) is 10.8. The Hall–Kier alpha value is -1.81. The normalized spacial score (nSPS) is 10.4. The summed E-state index contributed by atoms with van der Waals surface area (Å²) in [5.74, 6) is -0.136. The first-order valence-corrected chi connectivity index (χ1v) is 7.12. The highest BCUT2D eigenvalue weighted by atomic mass is 79.9. The van der Waals surface area contributed by atoms with Gasteiger partial charge in [0.05, 0.1) is 11.4 Å². The molecule has 0 atom stereocenters. The Bertz CT molecular complexity index is 657. The van der Waals surface area contributed by atoms with E-state index in [-0.39, 0.29) is 5.91 Å². The summed E-state index contributed by atoms with van der Waals surface area (Å²) in [7, 11) is 0. The quantitative estimate of drug-likeness (QED) is 0.809. The van der Waals surface area contributed by atoms with E-state index in [1.54, 1.807) is 6.07 Å². The molecule has 0 aliphatic heterocycles. The van der Waals surface area contributed by atoms with Gasteiger partial charge in [-0.3, -0.25) is 4.79 Å². The van der Waals surface area contributed by atoms with Gasteiger partial charge in [0, 0.05) is 10.0 Å². The van der Waals surface area contributed by atoms with E-state index in [1.165, 1.54) is 0 Å². The fraction of sp³-hybridized carbons (Fsp3) is 0.188. The molecule has 104 valence electrons. The Morgan fingerprint density at radius 3 is 2.45 bits per heavy atom. The van der Waals surface area contributed by atoms with E-state index in [4.69, 9.17) is 5.73 Å². The first-order valence-electron chi connectivity index (χ1n) is 6.32. The molecule has 0 unspecified atom stereocenters. The van der Waals surface area contributed by atoms with Crippen LogP contribution in [-0.4, -0.2) is 5.91 Å². The Balaban J connectivity index is 2.35. The summed E-state index contributed by atoms with van der Waals surface area (Å²) in [6.07, 6.45) is 0. The van der Waals surface area contributed by atoms with Crippen molar-refractivity contribution in [3.05, 3.63) is 57.1 Å². The molecule has 0 radical (unpaired) electrons. The number of benzene rings is 2. The second kappa shape index (κ2) is 5.67. The number of rotatable bonds is 2. The zero-order chi connectivity index (χ0) is 14.9. The molecular formula is C16H17BrN2O. The summed E-state index contributed by atoms with van der Waals surface area (Å²) in [4.78, 5) is 12.4. The fourth-order valence-electron chi connectivity index (χ4n) is 2.10. The van der Waals surface area contributed by atoms with Crippen molar-refractivity contribution in [2.75, 3.05) is 11.1 Å². The van der Waals surface area contributed by atoms with Crippen molar-refractivity contribution in [3.8, 4) is 0 Å². The maximum atomic E-state index is 12.4. The first-order chi connectivity index (χ1) is 9.38. The molecule has 0 spiro atoms. The molecule has 20 heavy (non-hydrogen) atoms. The van der Waals surface area contributed by atoms with Crippen molar-refractivity contribution < 1.29 is 4.79 Å². The summed E-state index contributed by atoms with van der Waals surface area (Å²) in [5, 5.41) is 2.91. The van der Waals surface area contributed by atoms with Crippen LogP contribution in [0.2, 0.25) is 0 Å². The molecule has 4 heteroatoms. The SMILES string of the molecule is Cc1ccc(C)c(C(=O)Nc2c(C)cc(Br)cc2N)c1. The van der Waals surface area contributed by atoms with Crippen LogP contribution in [0.3, 0.4) is 0 Å². The maximum absolute atomic E-state index is 12.4. The van der Waals surface area contributed by atoms with Crippen LogP contribution in [0.5, 0.6) is 0 Å². The maximum Gasteiger partial charge on any atom is 0.256 e. The van der Waals surface area contributed by atoms with Gasteiger partial charge in [-0.25, -0.2) is 0 Å². The third kappa shape index (κ3) is 3.02. The Labute approximate surface area is 127 Å². The van der Waals surface area contributed by atoms with E-state index in [2.05, 4.69) is 21.2 Å². The highest BCUT2D eigenvalue weighted by molar-refractivity contribution is 9.10. The Morgan fingerprint density at radius 2 is 1.80 bits per heavy atom. The minimum absolute atomic E-state index is 0.136. The zero-order valence-corrected chi connectivity index (χ0v) is 13.3. The van der Waals surface area contributed by atoms with E-state index < -0.39 is 0 Å². The molecule has 0 saturated heterocycles. The summed E-state index contributed by atoms with van der Waals surface area (Å²) < 4.78 is 0.900. The first kappa shape index (κ1) is 14.6. The van der Waals surface area contributed by atoms with Gasteiger partial charge in [0.25, 0.3) is 5.91 Å². The summed E-state index contributed by atoms with van der Waals surface area (Å²) >= 11 is 3.39. The fourth-order valence-corrected chi connectivity index (χ4v) is 2.69. The molecule has 0 heterocycles. The Morgan fingerprint density at radius 1 is 1.10 bits per heavy atom. The lowest BCUT2D eigenvalue weighted by atomic mass is 10.0. The number of nitrogen functional groups attached to an aromatic ring is 1. The molecule has 2 rings (SSSR count). The molecule has 0 bridgehead atoms. The standard InChI is InChI=1S/C16H17BrN2O/c1-9-4-5-10(2)13(6-9)16(20)19-15-11(3)7-12(17)8-14(15)18/h4-8H,18H2,1-3H3,(H,19,20). The average Bonchev–Trinajstić information content (AvgIpc) is 2.36. The van der Waals surface area contributed by atoms with Crippen LogP contribution in [0, 0.1) is 20.8 Å². The van der Waals surface area contributed by atoms with Gasteiger partial charge in [-0.2, -0.15) is 0 Å². The van der Waals surface area contributed by atoms with Crippen LogP contribution < -0.4 is 11.1 Å². The van der Waals surface area contributed by atoms with E-state index in [1.807, 2.05) is 45.0 Å². The molecule has 3 nitrogen and oxygen atoms in total. The number of nitrogens with one attached hydrogen (secondary N) is 1. The third-order valence-electron chi connectivity index (χ3n) is 3.21. The average molecular weight is 333 g/mol. The molecule has 0 aliphatic carbocycles. The molecule has 1 amide bonds. The summed E-state index contributed by atoms with van der Waals surface area (Å²) in [6, 6.07) is 9.53. The van der Waals surface area contributed by atoms with Crippen LogP contribution >= 0.6 is 15.9 Å². The number of nitrogens with two attached hydrogens (primary N) is 1. The lowest BCUT2D eigenvalue weighted by molar-refractivity contribution is 0.102. The predicted octanol–water partition coefficient (Wildman–Crippen LogP) is 4.21. The van der Waals surface area contributed by atoms with Gasteiger partial charge in [0.15, 0.2) is 0 Å². The predicted molar refractivity (Wildman–Crippen MR) is 87.2 cm³/mol. The largest absolute Gasteiger partial charge is 0.397 e. The molecular weight excluding hydrogens is 316 g/mol. The number of halogens is 1. The smallest absolute Gasteiger partial charge is 0.256 e. The topological polar surface area (TPSA) is 55.1 Å². The van der Waals surface area contributed by atoms with Crippen molar-refractivity contribution in [1.29, 1.82) is 0 Å². The summed E-state index contributed by atoms with van der Waals surface area (Å²) in [6.45, 7) is 5.81. The van der Waals surface area contributed by atoms with Crippen molar-refractivity contribution in [2.24, 2.45) is 0 Å². The van der Waals surface area contributed by atoms with Gasteiger partial charge in [-0.05, 0) is 50.1 Å². The molecule has 3 N–H and O–H groups in total. The number of aryl methyl sites for hydroxylation is 3. The molecule has 2 aromatic rings. The minimum Gasteiger partial charge on any atom is -0.397 e. The number of hydrogen-bond donors (Lipinski definition) is 2. The number of carbonyl (C=O) groups excluding carboxylic acids is 1. The molecule has 0 aliphatic rings. The van der Waals surface area contributed by atoms with Gasteiger partial charge in [-0.1, -0.05) is 33.6 Å². The van der Waals surface area contributed by atoms with E-state index in [0.717, 1.165) is 21.2 Å². The monoisotopic (exact) mass is 332 g/mol. The van der Waals surface area contributed by atoms with Gasteiger partial charge in [-0.15, -0.1) is 0 Å². The zero-order valence-electron chi connectivity index (χ0n) is 11.8. The van der Waals surface area contributed by atoms with Crippen molar-refractivity contribution in [3.63, 3.8) is 0 Å². The van der Waals surface area contributed by atoms with Crippen molar-refractivity contribution in [2.45, 2.75) is 20.8 Å². The van der Waals surface area contributed by atoms with Gasteiger partial charge in [0.2, 0.25) is 0 Å². The number of carbonyl (C=O) groups is 1. The Kier molecular flexibility index (Phi) is 4.14. The van der Waals surface area contributed by atoms with Crippen LogP contribution in [0.25, 0.3) is 0 Å². The van der Waals surface area contributed by atoms with Gasteiger partial charge >= 0.3 is 0 Å². The minimum atomic E-state index is -0.136. The van der Waals surface area contributed by atoms with Crippen LogP contribution in [0.1, 0.15) is 27.0 Å². The van der Waals surface area contributed by atoms with Crippen LogP contribution in [0.15, 0.2) is 34.8 Å². The highest BCUT2D eigenvalue weighted by Gasteiger charge is 2.13. The number of amides is 1. The van der Waals surface area contributed by atoms with E-state index >= 15 is 0 Å². The van der Waals surface area contributed by atoms with Gasteiger partial charge in [0.1, 0.15) is 0 Å². The third-order valence-corrected chi connectivity index (χ3v) is 3.66. The number of anilines is 2. The molecule has 0 fully saturated rings. The lowest BCUT2D eigenvalue weighted by Crippen LogP contribution is -2.15. The van der Waals surface area contributed by atoms with E-state index in [9.17, 15) is 4.79 Å². The van der Waals surface area contributed by atoms with E-state index in [0.29, 0.717) is 16.9 Å². The van der Waals surface area contributed by atoms with Crippen molar-refractivity contribution >= 4 is 33.2 Å². The second-order valence-corrected chi connectivity index (χ2v) is 5.88. The number of hydrogen-bond acceptors (Lipinski definition) is 2. The van der Waals surface area contributed by atoms with Gasteiger partial charge < -0.3 is 11.1 Å². The highest BCUT2D eigenvalue weighted by Crippen LogP contribution is 2.28. The molecule has 0 aromatic heterocycles. The second-order valence-electron chi connectivity index (χ2n) is 4.96. The lowest BCUT2D eigenvalue weighted by Gasteiger charge is -2.13. The molecule has 0 saturated carbocycles. The van der Waals surface area contributed by atoms with Crippen molar-refractivity contribution in [1.82, 2.24) is 0 Å². The van der Waals surface area contributed by atoms with Crippen LogP contribution in [-0.2, 0) is 0 Å². The molecule has 2 aromatic carbocycles. The van der Waals surface area contributed by atoms with Crippen LogP contribution in [0.4, 0.5) is 11.4 Å².